The average Bonchev–Trinajstić information content (AvgIpc) is 3.48. The molecule has 2 aliphatic rings. The van der Waals surface area contributed by atoms with Crippen LogP contribution < -0.4 is 16.0 Å². The fourth-order valence-corrected chi connectivity index (χ4v) is 5.68. The fourth-order valence-electron chi connectivity index (χ4n) is 5.68. The molecule has 2 fully saturated rings. The summed E-state index contributed by atoms with van der Waals surface area (Å²) in [4.78, 5) is 55.1. The summed E-state index contributed by atoms with van der Waals surface area (Å²) >= 11 is 0. The van der Waals surface area contributed by atoms with Crippen molar-refractivity contribution in [3.05, 3.63) is 29.3 Å². The van der Waals surface area contributed by atoms with E-state index in [4.69, 9.17) is 4.74 Å². The number of phenols is 1. The van der Waals surface area contributed by atoms with Crippen molar-refractivity contribution in [3.8, 4) is 5.75 Å². The van der Waals surface area contributed by atoms with Crippen molar-refractivity contribution in [1.82, 2.24) is 20.9 Å². The molecule has 4 atom stereocenters. The lowest BCUT2D eigenvalue weighted by Gasteiger charge is -2.27. The summed E-state index contributed by atoms with van der Waals surface area (Å²) in [6.45, 7) is 11.3. The highest BCUT2D eigenvalue weighted by molar-refractivity contribution is 5.98. The molecule has 1 aliphatic heterocycles. The molecule has 42 heavy (non-hydrogen) atoms. The standard InChI is InChI=1S/C32H50N4O6/c1-6-14-36(15-7-2)19-28(38)33-22(4)30(40)35-26(17-24-13-12-21(3)27(37)18-24)31(41)34-25(16-23-10-8-9-11-23)29(39)32(5)20-42-32/h12-13,18,22-23,25-26,37H,6-11,14-17,19-20H2,1-5H3,(H,33,38)(H,34,41)(H,35,40). The topological polar surface area (TPSA) is 140 Å². The van der Waals surface area contributed by atoms with Crippen molar-refractivity contribution in [3.63, 3.8) is 0 Å². The van der Waals surface area contributed by atoms with Gasteiger partial charge in [-0.2, -0.15) is 0 Å². The molecule has 1 saturated heterocycles. The van der Waals surface area contributed by atoms with Gasteiger partial charge in [-0.1, -0.05) is 51.7 Å². The summed E-state index contributed by atoms with van der Waals surface area (Å²) in [5.41, 5.74) is 0.460. The van der Waals surface area contributed by atoms with Gasteiger partial charge in [0.15, 0.2) is 5.78 Å². The molecule has 3 rings (SSSR count). The van der Waals surface area contributed by atoms with E-state index in [1.807, 2.05) is 4.90 Å². The number of aryl methyl sites for hydroxylation is 1. The molecule has 1 aromatic rings. The lowest BCUT2D eigenvalue weighted by molar-refractivity contribution is -0.134. The van der Waals surface area contributed by atoms with Crippen molar-refractivity contribution in [2.75, 3.05) is 26.2 Å². The Labute approximate surface area is 250 Å². The number of amides is 3. The first kappa shape index (κ1) is 33.5. The first-order valence-electron chi connectivity index (χ1n) is 15.5. The highest BCUT2D eigenvalue weighted by atomic mass is 16.6. The third kappa shape index (κ3) is 9.80. The summed E-state index contributed by atoms with van der Waals surface area (Å²) < 4.78 is 5.41. The maximum absolute atomic E-state index is 13.7. The molecule has 1 saturated carbocycles. The van der Waals surface area contributed by atoms with Crippen LogP contribution in [0.25, 0.3) is 0 Å². The fraction of sp³-hybridized carbons (Fsp3) is 0.688. The number of phenolic OH excluding ortho intramolecular Hbond substituents is 1. The van der Waals surface area contributed by atoms with Gasteiger partial charge in [-0.05, 0) is 76.2 Å². The Hall–Kier alpha value is -2.98. The largest absolute Gasteiger partial charge is 0.508 e. The molecule has 4 N–H and O–H groups in total. The first-order valence-corrected chi connectivity index (χ1v) is 15.5. The molecule has 1 aromatic carbocycles. The molecule has 1 aliphatic carbocycles. The van der Waals surface area contributed by atoms with Crippen LogP contribution in [-0.4, -0.2) is 83.5 Å². The molecule has 1 heterocycles. The summed E-state index contributed by atoms with van der Waals surface area (Å²) in [6.07, 6.45) is 6.74. The molecule has 0 aromatic heterocycles. The smallest absolute Gasteiger partial charge is 0.243 e. The molecular formula is C32H50N4O6. The number of carbonyl (C=O) groups is 4. The van der Waals surface area contributed by atoms with Crippen molar-refractivity contribution < 1.29 is 29.0 Å². The number of ether oxygens (including phenoxy) is 1. The third-order valence-electron chi connectivity index (χ3n) is 8.34. The lowest BCUT2D eigenvalue weighted by atomic mass is 9.90. The van der Waals surface area contributed by atoms with Gasteiger partial charge in [0.1, 0.15) is 23.4 Å². The van der Waals surface area contributed by atoms with Crippen LogP contribution in [0.4, 0.5) is 0 Å². The van der Waals surface area contributed by atoms with E-state index in [0.29, 0.717) is 30.1 Å². The number of carbonyl (C=O) groups excluding carboxylic acids is 4. The molecule has 10 nitrogen and oxygen atoms in total. The number of hydrogen-bond donors (Lipinski definition) is 4. The van der Waals surface area contributed by atoms with Gasteiger partial charge in [0, 0.05) is 6.42 Å². The second-order valence-electron chi connectivity index (χ2n) is 12.3. The van der Waals surface area contributed by atoms with Gasteiger partial charge in [0.2, 0.25) is 17.7 Å². The average molecular weight is 587 g/mol. The first-order chi connectivity index (χ1) is 19.9. The van der Waals surface area contributed by atoms with Crippen molar-refractivity contribution in [2.24, 2.45) is 5.92 Å². The van der Waals surface area contributed by atoms with Gasteiger partial charge < -0.3 is 25.8 Å². The van der Waals surface area contributed by atoms with Crippen LogP contribution in [0.15, 0.2) is 18.2 Å². The second kappa shape index (κ2) is 15.5. The SMILES string of the molecule is CCCN(CCC)CC(=O)NC(C)C(=O)NC(Cc1ccc(C)c(O)c1)C(=O)NC(CC1CCCC1)C(=O)C1(C)CO1. The van der Waals surface area contributed by atoms with Gasteiger partial charge >= 0.3 is 0 Å². The minimum atomic E-state index is -1.03. The van der Waals surface area contributed by atoms with E-state index in [-0.39, 0.29) is 30.4 Å². The molecule has 10 heteroatoms. The molecule has 234 valence electrons. The predicted molar refractivity (Wildman–Crippen MR) is 161 cm³/mol. The van der Waals surface area contributed by atoms with Crippen LogP contribution in [0.3, 0.4) is 0 Å². The van der Waals surface area contributed by atoms with Crippen LogP contribution in [0, 0.1) is 12.8 Å². The van der Waals surface area contributed by atoms with E-state index in [1.54, 1.807) is 39.0 Å². The summed E-state index contributed by atoms with van der Waals surface area (Å²) in [5, 5.41) is 18.7. The number of benzene rings is 1. The van der Waals surface area contributed by atoms with Crippen molar-refractivity contribution >= 4 is 23.5 Å². The molecule has 4 unspecified atom stereocenters. The van der Waals surface area contributed by atoms with Gasteiger partial charge in [-0.15, -0.1) is 0 Å². The van der Waals surface area contributed by atoms with Crippen LogP contribution in [0.2, 0.25) is 0 Å². The van der Waals surface area contributed by atoms with Crippen molar-refractivity contribution in [2.45, 2.75) is 110 Å². The molecule has 0 spiro atoms. The summed E-state index contributed by atoms with van der Waals surface area (Å²) in [5.74, 6) is -0.962. The van der Waals surface area contributed by atoms with Crippen LogP contribution in [-0.2, 0) is 30.3 Å². The Morgan fingerprint density at radius 1 is 1.02 bits per heavy atom. The maximum Gasteiger partial charge on any atom is 0.243 e. The summed E-state index contributed by atoms with van der Waals surface area (Å²) in [7, 11) is 0. The highest BCUT2D eigenvalue weighted by Gasteiger charge is 2.50. The second-order valence-corrected chi connectivity index (χ2v) is 12.3. The van der Waals surface area contributed by atoms with Gasteiger partial charge in [0.05, 0.1) is 19.2 Å². The minimum Gasteiger partial charge on any atom is -0.508 e. The number of nitrogens with one attached hydrogen (secondary N) is 3. The Bertz CT molecular complexity index is 1090. The predicted octanol–water partition coefficient (Wildman–Crippen LogP) is 2.78. The number of ketones is 1. The van der Waals surface area contributed by atoms with E-state index < -0.39 is 35.5 Å². The number of hydrogen-bond acceptors (Lipinski definition) is 7. The maximum atomic E-state index is 13.7. The quantitative estimate of drug-likeness (QED) is 0.206. The van der Waals surface area contributed by atoms with E-state index in [9.17, 15) is 24.3 Å². The zero-order chi connectivity index (χ0) is 30.9. The minimum absolute atomic E-state index is 0.0930. The highest BCUT2D eigenvalue weighted by Crippen LogP contribution is 2.33. The molecule has 3 amide bonds. The zero-order valence-corrected chi connectivity index (χ0v) is 26.0. The Morgan fingerprint density at radius 2 is 1.64 bits per heavy atom. The molecule has 0 radical (unpaired) electrons. The molecule has 0 bridgehead atoms. The zero-order valence-electron chi connectivity index (χ0n) is 26.0. The van der Waals surface area contributed by atoms with Gasteiger partial charge in [0.25, 0.3) is 0 Å². The van der Waals surface area contributed by atoms with Crippen molar-refractivity contribution in [1.29, 1.82) is 0 Å². The Morgan fingerprint density at radius 3 is 2.21 bits per heavy atom. The number of aromatic hydroxyl groups is 1. The third-order valence-corrected chi connectivity index (χ3v) is 8.34. The number of rotatable bonds is 17. The van der Waals surface area contributed by atoms with Gasteiger partial charge in [-0.25, -0.2) is 0 Å². The Kier molecular flexibility index (Phi) is 12.4. The van der Waals surface area contributed by atoms with Crippen LogP contribution in [0.1, 0.15) is 83.8 Å². The van der Waals surface area contributed by atoms with Crippen LogP contribution >= 0.6 is 0 Å². The monoisotopic (exact) mass is 586 g/mol. The van der Waals surface area contributed by atoms with E-state index in [0.717, 1.165) is 51.6 Å². The van der Waals surface area contributed by atoms with E-state index in [2.05, 4.69) is 29.8 Å². The van der Waals surface area contributed by atoms with E-state index >= 15 is 0 Å². The molecular weight excluding hydrogens is 536 g/mol. The number of epoxide rings is 1. The van der Waals surface area contributed by atoms with E-state index in [1.165, 1.54) is 0 Å². The van der Waals surface area contributed by atoms with Gasteiger partial charge in [-0.3, -0.25) is 24.1 Å². The normalized spacial score (nSPS) is 20.5. The summed E-state index contributed by atoms with van der Waals surface area (Å²) in [6, 6.07) is 2.49. The number of Topliss-reactive ketones (excluding diaryl/α,β-unsaturated/α-hetero) is 1. The number of nitrogens with zero attached hydrogens (tertiary/aromatic N) is 1. The van der Waals surface area contributed by atoms with Crippen LogP contribution in [0.5, 0.6) is 5.75 Å². The lowest BCUT2D eigenvalue weighted by Crippen LogP contribution is -2.57. The Balaban J connectivity index is 1.73.